The number of hydrogen-bond acceptors (Lipinski definition) is 3. The summed E-state index contributed by atoms with van der Waals surface area (Å²) < 4.78 is 27.9. The van der Waals surface area contributed by atoms with Crippen molar-refractivity contribution in [2.24, 2.45) is 5.92 Å². The van der Waals surface area contributed by atoms with Crippen molar-refractivity contribution < 1.29 is 18.4 Å². The van der Waals surface area contributed by atoms with Gasteiger partial charge in [-0.1, -0.05) is 30.7 Å². The largest absolute Gasteiger partial charge is 0.366 e. The van der Waals surface area contributed by atoms with Crippen molar-refractivity contribution in [3.63, 3.8) is 0 Å². The maximum absolute atomic E-state index is 14.5. The Kier molecular flexibility index (Phi) is 5.18. The average molecular weight is 410 g/mol. The Balaban J connectivity index is 1.88. The molecule has 0 radical (unpaired) electrons. The number of rotatable bonds is 3. The summed E-state index contributed by atoms with van der Waals surface area (Å²) in [4.78, 5) is 29.7. The van der Waals surface area contributed by atoms with Crippen LogP contribution < -0.4 is 4.90 Å². The van der Waals surface area contributed by atoms with Gasteiger partial charge >= 0.3 is 0 Å². The van der Waals surface area contributed by atoms with Gasteiger partial charge in [0, 0.05) is 19.2 Å². The molecule has 30 heavy (non-hydrogen) atoms. The van der Waals surface area contributed by atoms with Crippen LogP contribution in [0.2, 0.25) is 0 Å². The molecule has 2 aliphatic heterocycles. The van der Waals surface area contributed by atoms with Crippen LogP contribution in [0, 0.1) is 31.4 Å². The summed E-state index contributed by atoms with van der Waals surface area (Å²) in [7, 11) is 0. The first-order valence-corrected chi connectivity index (χ1v) is 10.2. The molecule has 0 bridgehead atoms. The van der Waals surface area contributed by atoms with E-state index in [4.69, 9.17) is 0 Å². The van der Waals surface area contributed by atoms with Gasteiger partial charge in [-0.15, -0.1) is 0 Å². The van der Waals surface area contributed by atoms with Gasteiger partial charge in [-0.05, 0) is 55.9 Å². The first kappa shape index (κ1) is 20.3. The summed E-state index contributed by atoms with van der Waals surface area (Å²) >= 11 is 0. The number of amides is 2. The molecule has 1 fully saturated rings. The van der Waals surface area contributed by atoms with Gasteiger partial charge in [0.2, 0.25) is 0 Å². The molecule has 6 heteroatoms. The molecule has 0 saturated carbocycles. The maximum Gasteiger partial charge on any atom is 0.282 e. The Hall–Kier alpha value is -3.02. The average Bonchev–Trinajstić information content (AvgIpc) is 2.93. The molecule has 2 heterocycles. The molecular formula is C24H24F2N2O2. The lowest BCUT2D eigenvalue weighted by atomic mass is 9.95. The van der Waals surface area contributed by atoms with Crippen molar-refractivity contribution in [2.45, 2.75) is 33.6 Å². The van der Waals surface area contributed by atoms with E-state index in [-0.39, 0.29) is 11.3 Å². The smallest absolute Gasteiger partial charge is 0.282 e. The fraction of sp³-hybridized carbons (Fsp3) is 0.333. The van der Waals surface area contributed by atoms with Crippen molar-refractivity contribution in [2.75, 3.05) is 18.0 Å². The van der Waals surface area contributed by atoms with Gasteiger partial charge in [0.15, 0.2) is 0 Å². The second kappa shape index (κ2) is 7.67. The number of anilines is 1. The third kappa shape index (κ3) is 3.40. The van der Waals surface area contributed by atoms with Crippen LogP contribution in [0.4, 0.5) is 14.5 Å². The summed E-state index contributed by atoms with van der Waals surface area (Å²) in [5.41, 5.74) is 2.95. The van der Waals surface area contributed by atoms with Gasteiger partial charge in [0.25, 0.3) is 11.8 Å². The highest BCUT2D eigenvalue weighted by Gasteiger charge is 2.44. The molecule has 156 valence electrons. The molecule has 0 spiro atoms. The van der Waals surface area contributed by atoms with Crippen molar-refractivity contribution in [3.05, 3.63) is 70.4 Å². The second-order valence-corrected chi connectivity index (χ2v) is 8.28. The highest BCUT2D eigenvalue weighted by atomic mass is 19.1. The normalized spacial score (nSPS) is 19.8. The molecule has 2 aliphatic rings. The van der Waals surface area contributed by atoms with Gasteiger partial charge < -0.3 is 4.90 Å². The van der Waals surface area contributed by atoms with Crippen LogP contribution in [0.25, 0.3) is 5.57 Å². The predicted molar refractivity (Wildman–Crippen MR) is 112 cm³/mol. The molecule has 4 rings (SSSR count). The van der Waals surface area contributed by atoms with E-state index in [9.17, 15) is 18.4 Å². The Bertz CT molecular complexity index is 1080. The number of aryl methyl sites for hydroxylation is 2. The zero-order valence-electron chi connectivity index (χ0n) is 17.3. The van der Waals surface area contributed by atoms with E-state index in [2.05, 4.69) is 6.92 Å². The minimum absolute atomic E-state index is 0.228. The molecule has 0 N–H and O–H groups in total. The Labute approximate surface area is 174 Å². The lowest BCUT2D eigenvalue weighted by Gasteiger charge is -2.33. The summed E-state index contributed by atoms with van der Waals surface area (Å²) in [6, 6.07) is 8.57. The predicted octanol–water partition coefficient (Wildman–Crippen LogP) is 4.60. The van der Waals surface area contributed by atoms with Crippen LogP contribution in [0.1, 0.15) is 36.5 Å². The number of carbonyl (C=O) groups excluding carboxylic acids is 2. The van der Waals surface area contributed by atoms with Crippen LogP contribution in [0.5, 0.6) is 0 Å². The standard InChI is InChI=1S/C24H24F2N2O2/c1-14-6-8-18(16(3)11-14)21-22(27-10-4-5-15(2)13-27)24(30)28(23(21)29)20-9-7-17(25)12-19(20)26/h6-9,11-12,15H,4-5,10,13H2,1-3H3. The number of carbonyl (C=O) groups is 2. The maximum atomic E-state index is 14.5. The Morgan fingerprint density at radius 3 is 2.43 bits per heavy atom. The molecule has 2 amide bonds. The Morgan fingerprint density at radius 1 is 1.00 bits per heavy atom. The first-order valence-electron chi connectivity index (χ1n) is 10.2. The lowest BCUT2D eigenvalue weighted by Crippen LogP contribution is -2.39. The number of likely N-dealkylation sites (tertiary alicyclic amines) is 1. The molecule has 0 aromatic heterocycles. The first-order chi connectivity index (χ1) is 14.3. The lowest BCUT2D eigenvalue weighted by molar-refractivity contribution is -0.120. The highest BCUT2D eigenvalue weighted by molar-refractivity contribution is 6.45. The zero-order chi connectivity index (χ0) is 21.6. The second-order valence-electron chi connectivity index (χ2n) is 8.28. The topological polar surface area (TPSA) is 40.6 Å². The Morgan fingerprint density at radius 2 is 1.77 bits per heavy atom. The fourth-order valence-corrected chi connectivity index (χ4v) is 4.42. The minimum Gasteiger partial charge on any atom is -0.366 e. The van der Waals surface area contributed by atoms with E-state index >= 15 is 0 Å². The monoisotopic (exact) mass is 410 g/mol. The summed E-state index contributed by atoms with van der Waals surface area (Å²) in [6.07, 6.45) is 1.97. The number of hydrogen-bond donors (Lipinski definition) is 0. The third-order valence-electron chi connectivity index (χ3n) is 5.83. The van der Waals surface area contributed by atoms with Crippen LogP contribution >= 0.6 is 0 Å². The zero-order valence-corrected chi connectivity index (χ0v) is 17.3. The molecule has 4 nitrogen and oxygen atoms in total. The highest BCUT2D eigenvalue weighted by Crippen LogP contribution is 2.38. The number of imide groups is 1. The molecule has 0 aliphatic carbocycles. The van der Waals surface area contributed by atoms with Gasteiger partial charge in [-0.3, -0.25) is 9.59 Å². The molecule has 2 aromatic rings. The summed E-state index contributed by atoms with van der Waals surface area (Å²) in [5, 5.41) is 0. The van der Waals surface area contributed by atoms with Crippen LogP contribution in [-0.4, -0.2) is 29.8 Å². The van der Waals surface area contributed by atoms with Crippen molar-refractivity contribution in [3.8, 4) is 0 Å². The molecule has 1 saturated heterocycles. The van der Waals surface area contributed by atoms with Gasteiger partial charge in [0.1, 0.15) is 17.3 Å². The molecule has 1 unspecified atom stereocenters. The number of nitrogens with zero attached hydrogens (tertiary/aromatic N) is 2. The summed E-state index contributed by atoms with van der Waals surface area (Å²) in [5.74, 6) is -2.46. The van der Waals surface area contributed by atoms with Crippen molar-refractivity contribution in [1.29, 1.82) is 0 Å². The van der Waals surface area contributed by atoms with E-state index < -0.39 is 23.4 Å². The van der Waals surface area contributed by atoms with Gasteiger partial charge in [0.05, 0.1) is 11.3 Å². The van der Waals surface area contributed by atoms with Gasteiger partial charge in [-0.2, -0.15) is 0 Å². The summed E-state index contributed by atoms with van der Waals surface area (Å²) in [6.45, 7) is 7.28. The van der Waals surface area contributed by atoms with Gasteiger partial charge in [-0.25, -0.2) is 13.7 Å². The van der Waals surface area contributed by atoms with Crippen LogP contribution in [0.3, 0.4) is 0 Å². The van der Waals surface area contributed by atoms with Crippen LogP contribution in [-0.2, 0) is 9.59 Å². The van der Waals surface area contributed by atoms with Crippen LogP contribution in [0.15, 0.2) is 42.1 Å². The van der Waals surface area contributed by atoms with Crippen molar-refractivity contribution in [1.82, 2.24) is 4.90 Å². The van der Waals surface area contributed by atoms with E-state index in [0.717, 1.165) is 41.0 Å². The minimum atomic E-state index is -0.940. The van der Waals surface area contributed by atoms with E-state index in [1.807, 2.05) is 36.9 Å². The van der Waals surface area contributed by atoms with E-state index in [1.54, 1.807) is 0 Å². The van der Waals surface area contributed by atoms with Crippen molar-refractivity contribution >= 4 is 23.1 Å². The third-order valence-corrected chi connectivity index (χ3v) is 5.83. The molecular weight excluding hydrogens is 386 g/mol. The number of piperidine rings is 1. The fourth-order valence-electron chi connectivity index (χ4n) is 4.42. The molecule has 2 aromatic carbocycles. The van der Waals surface area contributed by atoms with E-state index in [0.29, 0.717) is 36.3 Å². The van der Waals surface area contributed by atoms with E-state index in [1.165, 1.54) is 0 Å². The SMILES string of the molecule is Cc1ccc(C2=C(N3CCCC(C)C3)C(=O)N(c3ccc(F)cc3F)C2=O)c(C)c1. The number of benzene rings is 2. The molecule has 1 atom stereocenters. The quantitative estimate of drug-likeness (QED) is 0.695. The number of halogens is 2.